The molecule has 5 rings (SSSR count). The summed E-state index contributed by atoms with van der Waals surface area (Å²) in [6.45, 7) is 1.09. The molecule has 15 heteroatoms. The number of carbonyl (C=O) groups excluding carboxylic acids is 1. The second-order valence-electron chi connectivity index (χ2n) is 8.89. The zero-order valence-electron chi connectivity index (χ0n) is 21.1. The number of nitrogens with zero attached hydrogens (tertiary/aromatic N) is 4. The molecule has 2 fully saturated rings. The summed E-state index contributed by atoms with van der Waals surface area (Å²) in [7, 11) is -4.10. The molecule has 1 saturated carbocycles. The standard InChI is InChI=1S/C24H28N7O7P/c1-3-11-34-23(32)15(2)30-39(33,38-17-7-5-4-6-8-17)36-13-19-35-12-18(37-19)31-14-26-20-21(27-16-9-10-16)28-24(25)29-22(20)31/h1,4-8,14-16,18-19H,9-13H2,2H3,(H,30,33)(H3,25,27,28,29)/t15-,18+,19+,39-/m0/s1. The highest BCUT2D eigenvalue weighted by molar-refractivity contribution is 7.52. The lowest BCUT2D eigenvalue weighted by Crippen LogP contribution is -2.35. The van der Waals surface area contributed by atoms with Crippen molar-refractivity contribution in [2.45, 2.75) is 44.4 Å². The van der Waals surface area contributed by atoms with Gasteiger partial charge >= 0.3 is 13.7 Å². The highest BCUT2D eigenvalue weighted by atomic mass is 31.2. The molecule has 2 aliphatic rings. The van der Waals surface area contributed by atoms with Gasteiger partial charge in [0.2, 0.25) is 5.95 Å². The molecular formula is C24H28N7O7P. The minimum atomic E-state index is -4.10. The van der Waals surface area contributed by atoms with Crippen LogP contribution in [0.25, 0.3) is 11.2 Å². The van der Waals surface area contributed by atoms with Crippen molar-refractivity contribution in [1.29, 1.82) is 0 Å². The summed E-state index contributed by atoms with van der Waals surface area (Å²) in [5, 5.41) is 5.88. The molecule has 1 aliphatic carbocycles. The maximum Gasteiger partial charge on any atom is 0.459 e. The Labute approximate surface area is 224 Å². The van der Waals surface area contributed by atoms with Gasteiger partial charge in [-0.15, -0.1) is 6.42 Å². The van der Waals surface area contributed by atoms with Gasteiger partial charge in [-0.25, -0.2) is 9.55 Å². The smallest absolute Gasteiger partial charge is 0.451 e. The Bertz CT molecular complexity index is 1410. The lowest BCUT2D eigenvalue weighted by atomic mass is 10.3. The van der Waals surface area contributed by atoms with Crippen LogP contribution in [0.1, 0.15) is 26.0 Å². The minimum Gasteiger partial charge on any atom is -0.451 e. The number of nitrogen functional groups attached to an aromatic ring is 1. The van der Waals surface area contributed by atoms with E-state index < -0.39 is 32.3 Å². The Balaban J connectivity index is 1.26. The largest absolute Gasteiger partial charge is 0.459 e. The van der Waals surface area contributed by atoms with E-state index in [9.17, 15) is 9.36 Å². The quantitative estimate of drug-likeness (QED) is 0.168. The number of rotatable bonds is 12. The summed E-state index contributed by atoms with van der Waals surface area (Å²) < 4.78 is 43.1. The van der Waals surface area contributed by atoms with Gasteiger partial charge in [0.1, 0.15) is 18.4 Å². The molecule has 0 bridgehead atoms. The number of terminal acetylenes is 1. The molecule has 0 amide bonds. The number of hydrogen-bond donors (Lipinski definition) is 3. The number of nitrogens with two attached hydrogens (primary N) is 1. The van der Waals surface area contributed by atoms with E-state index in [1.165, 1.54) is 6.92 Å². The fourth-order valence-electron chi connectivity index (χ4n) is 3.74. The van der Waals surface area contributed by atoms with Gasteiger partial charge in [-0.1, -0.05) is 24.1 Å². The first kappa shape index (κ1) is 26.9. The zero-order valence-corrected chi connectivity index (χ0v) is 22.0. The van der Waals surface area contributed by atoms with Gasteiger partial charge in [-0.3, -0.25) is 13.9 Å². The van der Waals surface area contributed by atoms with Crippen LogP contribution in [-0.2, 0) is 28.1 Å². The lowest BCUT2D eigenvalue weighted by molar-refractivity contribution is -0.143. The molecule has 1 saturated heterocycles. The second kappa shape index (κ2) is 11.6. The molecule has 39 heavy (non-hydrogen) atoms. The van der Waals surface area contributed by atoms with Crippen LogP contribution < -0.4 is 20.7 Å². The van der Waals surface area contributed by atoms with E-state index in [0.717, 1.165) is 12.8 Å². The summed E-state index contributed by atoms with van der Waals surface area (Å²) in [4.78, 5) is 25.2. The van der Waals surface area contributed by atoms with Crippen molar-refractivity contribution < 1.29 is 32.6 Å². The molecule has 3 heterocycles. The molecule has 1 aliphatic heterocycles. The Morgan fingerprint density at radius 2 is 2.13 bits per heavy atom. The number of nitrogens with one attached hydrogen (secondary N) is 2. The van der Waals surface area contributed by atoms with Crippen molar-refractivity contribution >= 4 is 36.6 Å². The van der Waals surface area contributed by atoms with Crippen LogP contribution in [0.3, 0.4) is 0 Å². The topological polar surface area (TPSA) is 174 Å². The number of anilines is 2. The van der Waals surface area contributed by atoms with Crippen molar-refractivity contribution in [3.05, 3.63) is 36.7 Å². The molecule has 0 radical (unpaired) electrons. The van der Waals surface area contributed by atoms with Crippen molar-refractivity contribution in [2.75, 3.05) is 30.9 Å². The Kier molecular flexibility index (Phi) is 7.97. The third kappa shape index (κ3) is 6.65. The number of aromatic nitrogens is 4. The second-order valence-corrected chi connectivity index (χ2v) is 10.6. The first-order valence-electron chi connectivity index (χ1n) is 12.2. The van der Waals surface area contributed by atoms with Crippen LogP contribution in [0.4, 0.5) is 11.8 Å². The van der Waals surface area contributed by atoms with Crippen LogP contribution in [0.15, 0.2) is 36.7 Å². The first-order chi connectivity index (χ1) is 18.8. The normalized spacial score (nSPS) is 21.1. The predicted molar refractivity (Wildman–Crippen MR) is 139 cm³/mol. The van der Waals surface area contributed by atoms with E-state index in [1.54, 1.807) is 41.2 Å². The van der Waals surface area contributed by atoms with Gasteiger partial charge in [0.25, 0.3) is 0 Å². The van der Waals surface area contributed by atoms with Crippen molar-refractivity contribution in [3.8, 4) is 18.1 Å². The Morgan fingerprint density at radius 1 is 1.33 bits per heavy atom. The summed E-state index contributed by atoms with van der Waals surface area (Å²) in [5.74, 6) is 2.42. The summed E-state index contributed by atoms with van der Waals surface area (Å²) >= 11 is 0. The lowest BCUT2D eigenvalue weighted by Gasteiger charge is -2.23. The van der Waals surface area contributed by atoms with Crippen LogP contribution >= 0.6 is 7.75 Å². The number of carbonyl (C=O) groups is 1. The number of para-hydroxylation sites is 1. The molecule has 0 spiro atoms. The summed E-state index contributed by atoms with van der Waals surface area (Å²) in [6.07, 6.45) is 7.32. The SMILES string of the molecule is C#CCOC(=O)[C@H](C)N[P@](=O)(OC[C@@H]1OC[C@H](n2cnc3c(NC4CC4)nc(N)nc32)O1)Oc1ccccc1. The van der Waals surface area contributed by atoms with Crippen LogP contribution in [0.5, 0.6) is 5.75 Å². The molecule has 4 N–H and O–H groups in total. The van der Waals surface area contributed by atoms with Crippen molar-refractivity contribution in [2.24, 2.45) is 0 Å². The van der Waals surface area contributed by atoms with Gasteiger partial charge in [-0.2, -0.15) is 15.1 Å². The summed E-state index contributed by atoms with van der Waals surface area (Å²) in [6, 6.07) is 7.68. The third-order valence-corrected chi connectivity index (χ3v) is 7.40. The van der Waals surface area contributed by atoms with Crippen LogP contribution in [0, 0.1) is 12.3 Å². The molecule has 0 unspecified atom stereocenters. The van der Waals surface area contributed by atoms with Crippen molar-refractivity contribution in [3.63, 3.8) is 0 Å². The highest BCUT2D eigenvalue weighted by Gasteiger charge is 2.36. The number of benzene rings is 1. The van der Waals surface area contributed by atoms with E-state index >= 15 is 0 Å². The molecule has 206 valence electrons. The number of esters is 1. The van der Waals surface area contributed by atoms with E-state index in [0.29, 0.717) is 23.0 Å². The number of ether oxygens (including phenoxy) is 3. The number of hydrogen-bond acceptors (Lipinski definition) is 12. The van der Waals surface area contributed by atoms with Gasteiger partial charge in [0.15, 0.2) is 36.1 Å². The van der Waals surface area contributed by atoms with E-state index in [2.05, 4.69) is 31.3 Å². The molecule has 2 aromatic heterocycles. The van der Waals surface area contributed by atoms with Crippen LogP contribution in [-0.4, -0.2) is 63.7 Å². The molecular weight excluding hydrogens is 529 g/mol. The summed E-state index contributed by atoms with van der Waals surface area (Å²) in [5.41, 5.74) is 6.98. The average molecular weight is 558 g/mol. The maximum atomic E-state index is 13.6. The van der Waals surface area contributed by atoms with Crippen molar-refractivity contribution in [1.82, 2.24) is 24.6 Å². The Morgan fingerprint density at radius 3 is 2.87 bits per heavy atom. The van der Waals surface area contributed by atoms with Gasteiger partial charge < -0.3 is 29.8 Å². The fourth-order valence-corrected chi connectivity index (χ4v) is 5.22. The molecule has 1 aromatic carbocycles. The highest BCUT2D eigenvalue weighted by Crippen LogP contribution is 2.45. The van der Waals surface area contributed by atoms with Gasteiger partial charge in [-0.05, 0) is 31.9 Å². The average Bonchev–Trinajstić information content (AvgIpc) is 3.43. The van der Waals surface area contributed by atoms with Gasteiger partial charge in [0, 0.05) is 6.04 Å². The minimum absolute atomic E-state index is 0.103. The van der Waals surface area contributed by atoms with Gasteiger partial charge in [0.05, 0.1) is 12.9 Å². The van der Waals surface area contributed by atoms with E-state index in [1.807, 2.05) is 0 Å². The fraction of sp³-hybridized carbons (Fsp3) is 0.417. The third-order valence-electron chi connectivity index (χ3n) is 5.75. The monoisotopic (exact) mass is 557 g/mol. The number of imidazole rings is 1. The number of fused-ring (bicyclic) bond motifs is 1. The predicted octanol–water partition coefficient (Wildman–Crippen LogP) is 2.21. The Hall–Kier alpha value is -3.73. The molecule has 14 nitrogen and oxygen atoms in total. The molecule has 3 aromatic rings. The zero-order chi connectivity index (χ0) is 27.4. The van der Waals surface area contributed by atoms with E-state index in [-0.39, 0.29) is 31.5 Å². The van der Waals surface area contributed by atoms with Crippen LogP contribution in [0.2, 0.25) is 0 Å². The first-order valence-corrected chi connectivity index (χ1v) is 13.8. The molecule has 4 atom stereocenters. The maximum absolute atomic E-state index is 13.6. The van der Waals surface area contributed by atoms with E-state index in [4.69, 9.17) is 35.4 Å².